The normalized spacial score (nSPS) is 10.6. The monoisotopic (exact) mass is 439 g/mol. The largest absolute Gasteiger partial charge is 0.366 e. The molecule has 0 saturated heterocycles. The summed E-state index contributed by atoms with van der Waals surface area (Å²) < 4.78 is 0. The molecule has 0 spiro atoms. The molecule has 128 valence electrons. The van der Waals surface area contributed by atoms with E-state index >= 15 is 0 Å². The maximum absolute atomic E-state index is 11.2. The van der Waals surface area contributed by atoms with E-state index in [4.69, 9.17) is 5.73 Å². The minimum atomic E-state index is -0.426. The molecule has 1 heterocycles. The van der Waals surface area contributed by atoms with Crippen LogP contribution in [0.2, 0.25) is 0 Å². The van der Waals surface area contributed by atoms with Gasteiger partial charge < -0.3 is 16.4 Å². The Morgan fingerprint density at radius 3 is 2.71 bits per heavy atom. The molecule has 0 saturated carbocycles. The van der Waals surface area contributed by atoms with Crippen LogP contribution in [0.1, 0.15) is 21.6 Å². The molecule has 0 aliphatic carbocycles. The van der Waals surface area contributed by atoms with Gasteiger partial charge in [0.05, 0.1) is 0 Å². The van der Waals surface area contributed by atoms with Gasteiger partial charge >= 0.3 is 0 Å². The minimum Gasteiger partial charge on any atom is -0.366 e. The first-order valence-electron chi connectivity index (χ1n) is 7.42. The highest BCUT2D eigenvalue weighted by molar-refractivity contribution is 14.0. The highest BCUT2D eigenvalue weighted by Gasteiger charge is 2.03. The van der Waals surface area contributed by atoms with Crippen LogP contribution < -0.4 is 16.4 Å². The lowest BCUT2D eigenvalue weighted by molar-refractivity contribution is 0.1000. The third-order valence-electron chi connectivity index (χ3n) is 3.29. The van der Waals surface area contributed by atoms with Crippen LogP contribution >= 0.6 is 24.0 Å². The molecule has 1 aromatic carbocycles. The molecule has 2 aromatic rings. The summed E-state index contributed by atoms with van der Waals surface area (Å²) in [5, 5.41) is 6.44. The zero-order valence-corrected chi connectivity index (χ0v) is 15.9. The average molecular weight is 439 g/mol. The fourth-order valence-corrected chi connectivity index (χ4v) is 2.10. The first-order chi connectivity index (χ1) is 11.2. The van der Waals surface area contributed by atoms with Gasteiger partial charge in [-0.3, -0.25) is 14.8 Å². The summed E-state index contributed by atoms with van der Waals surface area (Å²) in [7, 11) is 1.72. The number of aromatic nitrogens is 1. The van der Waals surface area contributed by atoms with Crippen molar-refractivity contribution in [2.24, 2.45) is 10.7 Å². The van der Waals surface area contributed by atoms with E-state index in [9.17, 15) is 4.79 Å². The van der Waals surface area contributed by atoms with Crippen molar-refractivity contribution in [2.45, 2.75) is 13.0 Å². The second-order valence-corrected chi connectivity index (χ2v) is 4.99. The summed E-state index contributed by atoms with van der Waals surface area (Å²) >= 11 is 0. The van der Waals surface area contributed by atoms with Gasteiger partial charge in [0.15, 0.2) is 5.96 Å². The van der Waals surface area contributed by atoms with Gasteiger partial charge in [-0.1, -0.05) is 18.2 Å². The predicted molar refractivity (Wildman–Crippen MR) is 107 cm³/mol. The lowest BCUT2D eigenvalue weighted by atomic mass is 10.1. The highest BCUT2D eigenvalue weighted by atomic mass is 127. The summed E-state index contributed by atoms with van der Waals surface area (Å²) in [5.74, 6) is 0.273. The Labute approximate surface area is 159 Å². The molecule has 4 N–H and O–H groups in total. The number of hydrogen-bond acceptors (Lipinski definition) is 3. The smallest absolute Gasteiger partial charge is 0.248 e. The Bertz CT molecular complexity index is 676. The minimum absolute atomic E-state index is 0. The summed E-state index contributed by atoms with van der Waals surface area (Å²) in [4.78, 5) is 19.6. The van der Waals surface area contributed by atoms with E-state index in [1.165, 1.54) is 0 Å². The molecule has 1 aromatic heterocycles. The van der Waals surface area contributed by atoms with Crippen LogP contribution in [0.4, 0.5) is 0 Å². The van der Waals surface area contributed by atoms with Crippen molar-refractivity contribution < 1.29 is 4.79 Å². The first-order valence-corrected chi connectivity index (χ1v) is 7.42. The molecule has 7 heteroatoms. The number of nitrogens with zero attached hydrogens (tertiary/aromatic N) is 2. The maximum Gasteiger partial charge on any atom is 0.248 e. The topological polar surface area (TPSA) is 92.4 Å². The lowest BCUT2D eigenvalue weighted by Gasteiger charge is -2.12. The Kier molecular flexibility index (Phi) is 8.77. The van der Waals surface area contributed by atoms with E-state index in [-0.39, 0.29) is 24.0 Å². The van der Waals surface area contributed by atoms with E-state index in [2.05, 4.69) is 20.6 Å². The number of nitrogens with one attached hydrogen (secondary N) is 2. The Balaban J connectivity index is 0.00000288. The maximum atomic E-state index is 11.2. The van der Waals surface area contributed by atoms with Gasteiger partial charge in [-0.2, -0.15) is 0 Å². The van der Waals surface area contributed by atoms with Crippen LogP contribution in [0.3, 0.4) is 0 Å². The fraction of sp³-hybridized carbons (Fsp3) is 0.235. The van der Waals surface area contributed by atoms with Crippen LogP contribution in [-0.2, 0) is 13.0 Å². The van der Waals surface area contributed by atoms with Gasteiger partial charge in [-0.25, -0.2) is 0 Å². The van der Waals surface area contributed by atoms with E-state index in [0.29, 0.717) is 18.1 Å². The number of aliphatic imine (C=N–C) groups is 1. The zero-order chi connectivity index (χ0) is 16.5. The third kappa shape index (κ3) is 6.53. The quantitative estimate of drug-likeness (QED) is 0.363. The fourth-order valence-electron chi connectivity index (χ4n) is 2.10. The molecule has 0 atom stereocenters. The summed E-state index contributed by atoms with van der Waals surface area (Å²) in [5.41, 5.74) is 7.79. The number of amides is 1. The molecule has 0 bridgehead atoms. The number of benzene rings is 1. The van der Waals surface area contributed by atoms with Gasteiger partial charge in [0.1, 0.15) is 0 Å². The first kappa shape index (κ1) is 19.9. The number of pyridine rings is 1. The van der Waals surface area contributed by atoms with Crippen molar-refractivity contribution in [3.05, 3.63) is 65.5 Å². The molecule has 0 aliphatic heterocycles. The van der Waals surface area contributed by atoms with Crippen LogP contribution in [0.25, 0.3) is 0 Å². The van der Waals surface area contributed by atoms with Crippen molar-refractivity contribution >= 4 is 35.8 Å². The van der Waals surface area contributed by atoms with Gasteiger partial charge in [0, 0.05) is 44.0 Å². The van der Waals surface area contributed by atoms with Crippen molar-refractivity contribution in [3.63, 3.8) is 0 Å². The van der Waals surface area contributed by atoms with Crippen molar-refractivity contribution in [3.8, 4) is 0 Å². The van der Waals surface area contributed by atoms with Gasteiger partial charge in [-0.15, -0.1) is 24.0 Å². The number of nitrogens with two attached hydrogens (primary N) is 1. The molecule has 0 radical (unpaired) electrons. The van der Waals surface area contributed by atoms with E-state index in [1.807, 2.05) is 30.3 Å². The molecule has 0 fully saturated rings. The number of guanidine groups is 1. The van der Waals surface area contributed by atoms with Crippen molar-refractivity contribution in [2.75, 3.05) is 13.6 Å². The van der Waals surface area contributed by atoms with Crippen LogP contribution in [0, 0.1) is 0 Å². The van der Waals surface area contributed by atoms with Crippen molar-refractivity contribution in [1.82, 2.24) is 15.6 Å². The number of halogens is 1. The van der Waals surface area contributed by atoms with Crippen molar-refractivity contribution in [1.29, 1.82) is 0 Å². The predicted octanol–water partition coefficient (Wildman–Crippen LogP) is 1.71. The molecule has 24 heavy (non-hydrogen) atoms. The summed E-state index contributed by atoms with van der Waals surface area (Å²) in [6, 6.07) is 13.1. The number of rotatable bonds is 6. The Morgan fingerprint density at radius 2 is 2.04 bits per heavy atom. The van der Waals surface area contributed by atoms with E-state index < -0.39 is 5.91 Å². The molecule has 0 unspecified atom stereocenters. The molecule has 6 nitrogen and oxygen atoms in total. The van der Waals surface area contributed by atoms with Crippen LogP contribution in [0.15, 0.2) is 53.7 Å². The summed E-state index contributed by atoms with van der Waals surface area (Å²) in [6.45, 7) is 1.29. The third-order valence-corrected chi connectivity index (χ3v) is 3.29. The Hall–Kier alpha value is -2.16. The molecular weight excluding hydrogens is 417 g/mol. The molecule has 2 rings (SSSR count). The molecular formula is C17H22IN5O. The Morgan fingerprint density at radius 1 is 1.21 bits per heavy atom. The van der Waals surface area contributed by atoms with Crippen LogP contribution in [-0.4, -0.2) is 30.4 Å². The number of carbonyl (C=O) groups is 1. The number of carbonyl (C=O) groups excluding carboxylic acids is 1. The second-order valence-electron chi connectivity index (χ2n) is 4.99. The van der Waals surface area contributed by atoms with Gasteiger partial charge in [0.2, 0.25) is 5.91 Å². The van der Waals surface area contributed by atoms with Gasteiger partial charge in [0.25, 0.3) is 0 Å². The average Bonchev–Trinajstić information content (AvgIpc) is 2.59. The number of primary amides is 1. The van der Waals surface area contributed by atoms with E-state index in [0.717, 1.165) is 24.2 Å². The van der Waals surface area contributed by atoms with E-state index in [1.54, 1.807) is 25.4 Å². The SMILES string of the molecule is CN=C(NCCc1ccccn1)NCc1cccc(C(N)=O)c1.I. The zero-order valence-electron chi connectivity index (χ0n) is 13.5. The van der Waals surface area contributed by atoms with Gasteiger partial charge in [-0.05, 0) is 29.8 Å². The summed E-state index contributed by atoms with van der Waals surface area (Å²) in [6.07, 6.45) is 2.60. The number of hydrogen-bond donors (Lipinski definition) is 3. The highest BCUT2D eigenvalue weighted by Crippen LogP contribution is 2.04. The van der Waals surface area contributed by atoms with Crippen LogP contribution in [0.5, 0.6) is 0 Å². The molecule has 0 aliphatic rings. The lowest BCUT2D eigenvalue weighted by Crippen LogP contribution is -2.38. The molecule has 1 amide bonds. The standard InChI is InChI=1S/C17H21N5O.HI/c1-19-17(21-10-8-15-7-2-3-9-20-15)22-12-13-5-4-6-14(11-13)16(18)23;/h2-7,9,11H,8,10,12H2,1H3,(H2,18,23)(H2,19,21,22);1H. The second kappa shape index (κ2) is 10.6.